The van der Waals surface area contributed by atoms with E-state index in [4.69, 9.17) is 5.84 Å². The van der Waals surface area contributed by atoms with Gasteiger partial charge in [-0.2, -0.15) is 5.34 Å². The summed E-state index contributed by atoms with van der Waals surface area (Å²) >= 11 is 0. The number of nitrogens with zero attached hydrogens (tertiary/aromatic N) is 2. The number of nitrogens with one attached hydrogen (secondary N) is 1. The average molecular weight is 147 g/mol. The van der Waals surface area contributed by atoms with Crippen molar-refractivity contribution in [2.75, 3.05) is 14.2 Å². The lowest BCUT2D eigenvalue weighted by molar-refractivity contribution is -0.219. The molecule has 0 aromatic carbocycles. The summed E-state index contributed by atoms with van der Waals surface area (Å²) in [6.07, 6.45) is 0. The smallest absolute Gasteiger partial charge is 0.126 e. The van der Waals surface area contributed by atoms with E-state index in [1.54, 1.807) is 7.05 Å². The number of hydrazine groups is 2. The van der Waals surface area contributed by atoms with Crippen molar-refractivity contribution in [1.82, 2.24) is 15.8 Å². The molecule has 0 aliphatic carbocycles. The number of nitrogens with two attached hydrogens (primary N) is 1. The molecule has 0 radical (unpaired) electrons. The zero-order chi connectivity index (χ0) is 8.15. The molecule has 0 aliphatic rings. The maximum atomic E-state index is 10.5. The summed E-state index contributed by atoms with van der Waals surface area (Å²) in [7, 11) is 2.79. The number of rotatable bonds is 4. The maximum absolute atomic E-state index is 10.5. The van der Waals surface area contributed by atoms with E-state index < -0.39 is 0 Å². The SMILES string of the molecule is C=C(NC)N(N)N([O-])OC. The first kappa shape index (κ1) is 9.18. The highest BCUT2D eigenvalue weighted by atomic mass is 16.9. The lowest BCUT2D eigenvalue weighted by Crippen LogP contribution is -2.45. The Kier molecular flexibility index (Phi) is 3.74. The Hall–Kier alpha value is -0.820. The van der Waals surface area contributed by atoms with E-state index in [1.807, 2.05) is 0 Å². The highest BCUT2D eigenvalue weighted by Gasteiger charge is 1.99. The summed E-state index contributed by atoms with van der Waals surface area (Å²) < 4.78 is 0. The van der Waals surface area contributed by atoms with Crippen molar-refractivity contribution in [1.29, 1.82) is 0 Å². The topological polar surface area (TPSA) is 76.8 Å². The van der Waals surface area contributed by atoms with Crippen molar-refractivity contribution in [3.8, 4) is 0 Å². The Labute approximate surface area is 59.3 Å². The van der Waals surface area contributed by atoms with E-state index in [0.29, 0.717) is 5.12 Å². The van der Waals surface area contributed by atoms with Gasteiger partial charge in [0.05, 0.1) is 7.11 Å². The normalized spacial score (nSPS) is 9.70. The fourth-order valence-corrected chi connectivity index (χ4v) is 0.301. The van der Waals surface area contributed by atoms with Crippen LogP contribution in [0.3, 0.4) is 0 Å². The Bertz CT molecular complexity index is 118. The summed E-state index contributed by atoms with van der Waals surface area (Å²) in [4.78, 5) is 4.21. The van der Waals surface area contributed by atoms with Gasteiger partial charge in [-0.05, 0) is 0 Å². The van der Waals surface area contributed by atoms with Crippen LogP contribution in [-0.4, -0.2) is 24.6 Å². The molecule has 0 heterocycles. The van der Waals surface area contributed by atoms with E-state index in [1.165, 1.54) is 7.11 Å². The summed E-state index contributed by atoms with van der Waals surface area (Å²) in [5.74, 6) is 5.39. The van der Waals surface area contributed by atoms with Gasteiger partial charge in [0.2, 0.25) is 0 Å². The first-order valence-electron chi connectivity index (χ1n) is 2.56. The zero-order valence-electron chi connectivity index (χ0n) is 6.00. The Morgan fingerprint density at radius 1 is 1.80 bits per heavy atom. The molecule has 0 spiro atoms. The van der Waals surface area contributed by atoms with Crippen molar-refractivity contribution < 1.29 is 4.84 Å². The molecule has 0 bridgehead atoms. The van der Waals surface area contributed by atoms with Crippen LogP contribution < -0.4 is 11.2 Å². The predicted molar refractivity (Wildman–Crippen MR) is 36.4 cm³/mol. The third-order valence-electron chi connectivity index (χ3n) is 0.897. The van der Waals surface area contributed by atoms with Gasteiger partial charge in [-0.25, -0.2) is 11.0 Å². The van der Waals surface area contributed by atoms with Crippen molar-refractivity contribution >= 4 is 0 Å². The molecule has 0 rings (SSSR count). The van der Waals surface area contributed by atoms with E-state index in [9.17, 15) is 5.21 Å². The molecule has 0 amide bonds. The monoisotopic (exact) mass is 147 g/mol. The van der Waals surface area contributed by atoms with Crippen LogP contribution in [-0.2, 0) is 4.84 Å². The molecule has 0 saturated carbocycles. The minimum absolute atomic E-state index is 0.0961. The van der Waals surface area contributed by atoms with Crippen molar-refractivity contribution in [2.45, 2.75) is 0 Å². The third kappa shape index (κ3) is 2.19. The molecule has 0 aliphatic heterocycles. The zero-order valence-corrected chi connectivity index (χ0v) is 6.00. The van der Waals surface area contributed by atoms with Gasteiger partial charge in [0, 0.05) is 7.05 Å². The third-order valence-corrected chi connectivity index (χ3v) is 0.897. The number of hydrogen-bond donors (Lipinski definition) is 2. The fourth-order valence-electron chi connectivity index (χ4n) is 0.301. The van der Waals surface area contributed by atoms with Crippen LogP contribution in [0.4, 0.5) is 0 Å². The van der Waals surface area contributed by atoms with Gasteiger partial charge < -0.3 is 10.5 Å². The van der Waals surface area contributed by atoms with Crippen molar-refractivity contribution in [3.63, 3.8) is 0 Å². The fraction of sp³-hybridized carbons (Fsp3) is 0.500. The van der Waals surface area contributed by atoms with Crippen molar-refractivity contribution in [3.05, 3.63) is 17.6 Å². The second-order valence-corrected chi connectivity index (χ2v) is 1.46. The molecule has 0 aromatic heterocycles. The van der Waals surface area contributed by atoms with E-state index in [0.717, 1.165) is 0 Å². The Morgan fingerprint density at radius 2 is 2.30 bits per heavy atom. The maximum Gasteiger partial charge on any atom is 0.126 e. The summed E-state index contributed by atoms with van der Waals surface area (Å²) in [6.45, 7) is 3.41. The molecule has 6 heteroatoms. The first-order valence-corrected chi connectivity index (χ1v) is 2.56. The second kappa shape index (κ2) is 4.07. The van der Waals surface area contributed by atoms with E-state index in [-0.39, 0.29) is 11.2 Å². The van der Waals surface area contributed by atoms with Crippen LogP contribution in [0, 0.1) is 5.21 Å². The lowest BCUT2D eigenvalue weighted by Gasteiger charge is -2.35. The highest BCUT2D eigenvalue weighted by Crippen LogP contribution is 1.93. The summed E-state index contributed by atoms with van der Waals surface area (Å²) in [6, 6.07) is 0. The largest absolute Gasteiger partial charge is 0.742 e. The van der Waals surface area contributed by atoms with Gasteiger partial charge in [0.1, 0.15) is 5.82 Å². The van der Waals surface area contributed by atoms with Crippen LogP contribution >= 0.6 is 0 Å². The highest BCUT2D eigenvalue weighted by molar-refractivity contribution is 4.83. The molecule has 0 saturated heterocycles. The quantitative estimate of drug-likeness (QED) is 0.397. The minimum atomic E-state index is 0.0961. The van der Waals surface area contributed by atoms with Crippen LogP contribution in [0.2, 0.25) is 0 Å². The van der Waals surface area contributed by atoms with Crippen LogP contribution in [0.1, 0.15) is 0 Å². The summed E-state index contributed by atoms with van der Waals surface area (Å²) in [5.41, 5.74) is 0. The van der Waals surface area contributed by atoms with Gasteiger partial charge in [0.25, 0.3) is 0 Å². The molecule has 0 aromatic rings. The van der Waals surface area contributed by atoms with Crippen molar-refractivity contribution in [2.24, 2.45) is 5.84 Å². The molecule has 60 valence electrons. The van der Waals surface area contributed by atoms with Gasteiger partial charge in [0.15, 0.2) is 0 Å². The molecule has 0 fully saturated rings. The van der Waals surface area contributed by atoms with Gasteiger partial charge >= 0.3 is 0 Å². The standard InChI is InChI=1S/C4H11N4O2/c1-4(6-2)7(5)8(9)10-3/h6H,1,5H2,2-3H3/q-1. The molecule has 0 unspecified atom stereocenters. The summed E-state index contributed by atoms with van der Waals surface area (Å²) in [5, 5.41) is 13.9. The first-order chi connectivity index (χ1) is 4.63. The Balaban J connectivity index is 3.81. The second-order valence-electron chi connectivity index (χ2n) is 1.46. The molecule has 0 atom stereocenters. The van der Waals surface area contributed by atoms with Gasteiger partial charge in [-0.3, -0.25) is 4.84 Å². The van der Waals surface area contributed by atoms with Crippen LogP contribution in [0.15, 0.2) is 12.4 Å². The molecule has 10 heavy (non-hydrogen) atoms. The minimum Gasteiger partial charge on any atom is -0.742 e. The molecular formula is C4H11N4O2-. The van der Waals surface area contributed by atoms with Gasteiger partial charge in [-0.15, -0.1) is 0 Å². The van der Waals surface area contributed by atoms with Crippen LogP contribution in [0.25, 0.3) is 0 Å². The average Bonchev–Trinajstić information content (AvgIpc) is 2.00. The molecule has 3 N–H and O–H groups in total. The predicted octanol–water partition coefficient (Wildman–Crippen LogP) is -0.871. The molecule has 6 nitrogen and oxygen atoms in total. The van der Waals surface area contributed by atoms with Gasteiger partial charge in [-0.1, -0.05) is 6.58 Å². The lowest BCUT2D eigenvalue weighted by atomic mass is 10.8. The van der Waals surface area contributed by atoms with E-state index >= 15 is 0 Å². The van der Waals surface area contributed by atoms with Crippen LogP contribution in [0.5, 0.6) is 0 Å². The van der Waals surface area contributed by atoms with E-state index in [2.05, 4.69) is 16.7 Å². The molecular weight excluding hydrogens is 136 g/mol. The Morgan fingerprint density at radius 3 is 2.60 bits per heavy atom. The number of hydrogen-bond acceptors (Lipinski definition) is 6.